The first-order chi connectivity index (χ1) is 6.84. The summed E-state index contributed by atoms with van der Waals surface area (Å²) in [5, 5.41) is 3.68. The highest BCUT2D eigenvalue weighted by Crippen LogP contribution is 2.07. The summed E-state index contributed by atoms with van der Waals surface area (Å²) >= 11 is 5.53. The topological polar surface area (TPSA) is 38.9 Å². The van der Waals surface area contributed by atoms with Crippen LogP contribution in [0.5, 0.6) is 0 Å². The van der Waals surface area contributed by atoms with Crippen molar-refractivity contribution < 1.29 is 4.52 Å². The first-order valence-corrected chi connectivity index (χ1v) is 4.74. The Hall–Kier alpha value is -1.35. The van der Waals surface area contributed by atoms with E-state index in [4.69, 9.17) is 16.1 Å². The van der Waals surface area contributed by atoms with Crippen molar-refractivity contribution in [3.63, 3.8) is 0 Å². The van der Waals surface area contributed by atoms with Gasteiger partial charge in [0, 0.05) is 6.42 Å². The van der Waals surface area contributed by atoms with Crippen LogP contribution in [0.4, 0.5) is 0 Å². The van der Waals surface area contributed by atoms with E-state index in [2.05, 4.69) is 22.3 Å². The van der Waals surface area contributed by atoms with E-state index in [1.165, 1.54) is 5.56 Å². The Bertz CT molecular complexity index is 400. The zero-order chi connectivity index (χ0) is 9.80. The molecule has 0 amide bonds. The van der Waals surface area contributed by atoms with Crippen LogP contribution < -0.4 is 0 Å². The highest BCUT2D eigenvalue weighted by Gasteiger charge is 2.03. The van der Waals surface area contributed by atoms with Crippen LogP contribution in [0.25, 0.3) is 0 Å². The Morgan fingerprint density at radius 3 is 2.57 bits per heavy atom. The van der Waals surface area contributed by atoms with Crippen LogP contribution in [0, 0.1) is 0 Å². The van der Waals surface area contributed by atoms with Crippen molar-refractivity contribution in [2.45, 2.75) is 12.8 Å². The van der Waals surface area contributed by atoms with Crippen LogP contribution in [0.1, 0.15) is 11.5 Å². The van der Waals surface area contributed by atoms with Crippen molar-refractivity contribution in [3.8, 4) is 0 Å². The molecular formula is C10H9ClN2O. The van der Waals surface area contributed by atoms with Crippen LogP contribution >= 0.6 is 11.6 Å². The molecule has 0 saturated carbocycles. The molecule has 14 heavy (non-hydrogen) atoms. The Balaban J connectivity index is 1.95. The van der Waals surface area contributed by atoms with Gasteiger partial charge in [0.1, 0.15) is 0 Å². The second kappa shape index (κ2) is 4.24. The first kappa shape index (κ1) is 9.21. The molecule has 0 spiro atoms. The maximum atomic E-state index is 5.53. The van der Waals surface area contributed by atoms with Crippen molar-refractivity contribution in [2.75, 3.05) is 0 Å². The van der Waals surface area contributed by atoms with Gasteiger partial charge in [-0.05, 0) is 28.7 Å². The SMILES string of the molecule is Clc1noc(CCc2ccccc2)n1. The second-order valence-electron chi connectivity index (χ2n) is 2.94. The Kier molecular flexibility index (Phi) is 2.79. The smallest absolute Gasteiger partial charge is 0.263 e. The fraction of sp³-hybridized carbons (Fsp3) is 0.200. The van der Waals surface area contributed by atoms with Gasteiger partial charge in [0.2, 0.25) is 5.89 Å². The van der Waals surface area contributed by atoms with Crippen molar-refractivity contribution in [1.29, 1.82) is 0 Å². The molecule has 1 aromatic heterocycles. The molecule has 2 aromatic rings. The molecule has 0 aliphatic heterocycles. The molecule has 0 saturated heterocycles. The number of aromatic nitrogens is 2. The maximum absolute atomic E-state index is 5.53. The highest BCUT2D eigenvalue weighted by atomic mass is 35.5. The quantitative estimate of drug-likeness (QED) is 0.778. The number of benzene rings is 1. The summed E-state index contributed by atoms with van der Waals surface area (Å²) in [7, 11) is 0. The number of hydrogen-bond donors (Lipinski definition) is 0. The lowest BCUT2D eigenvalue weighted by atomic mass is 10.1. The number of halogens is 1. The zero-order valence-corrected chi connectivity index (χ0v) is 8.24. The molecule has 1 aromatic carbocycles. The summed E-state index contributed by atoms with van der Waals surface area (Å²) in [5.74, 6) is 0.582. The number of nitrogens with zero attached hydrogens (tertiary/aromatic N) is 2. The molecule has 72 valence electrons. The summed E-state index contributed by atoms with van der Waals surface area (Å²) in [6.07, 6.45) is 1.61. The minimum absolute atomic E-state index is 0.174. The lowest BCUT2D eigenvalue weighted by molar-refractivity contribution is 0.377. The van der Waals surface area contributed by atoms with Gasteiger partial charge in [-0.2, -0.15) is 4.98 Å². The third-order valence-corrected chi connectivity index (χ3v) is 2.07. The molecule has 0 radical (unpaired) electrons. The predicted molar refractivity (Wildman–Crippen MR) is 53.2 cm³/mol. The van der Waals surface area contributed by atoms with Crippen LogP contribution in [0.2, 0.25) is 5.28 Å². The summed E-state index contributed by atoms with van der Waals surface area (Å²) < 4.78 is 4.89. The van der Waals surface area contributed by atoms with Gasteiger partial charge in [-0.25, -0.2) is 0 Å². The maximum Gasteiger partial charge on any atom is 0.263 e. The number of hydrogen-bond acceptors (Lipinski definition) is 3. The summed E-state index contributed by atoms with van der Waals surface area (Å²) in [6.45, 7) is 0. The molecular weight excluding hydrogens is 200 g/mol. The second-order valence-corrected chi connectivity index (χ2v) is 3.28. The van der Waals surface area contributed by atoms with Crippen LogP contribution in [0.3, 0.4) is 0 Å². The van der Waals surface area contributed by atoms with Gasteiger partial charge < -0.3 is 4.52 Å². The molecule has 0 atom stereocenters. The fourth-order valence-electron chi connectivity index (χ4n) is 1.23. The highest BCUT2D eigenvalue weighted by molar-refractivity contribution is 6.28. The van der Waals surface area contributed by atoms with Crippen molar-refractivity contribution in [1.82, 2.24) is 10.1 Å². The summed E-state index contributed by atoms with van der Waals surface area (Å²) in [5.41, 5.74) is 1.25. The molecule has 0 fully saturated rings. The fourth-order valence-corrected chi connectivity index (χ4v) is 1.36. The Morgan fingerprint density at radius 2 is 1.93 bits per heavy atom. The van der Waals surface area contributed by atoms with Gasteiger partial charge in [0.05, 0.1) is 0 Å². The Morgan fingerprint density at radius 1 is 1.14 bits per heavy atom. The zero-order valence-electron chi connectivity index (χ0n) is 7.48. The van der Waals surface area contributed by atoms with E-state index >= 15 is 0 Å². The minimum atomic E-state index is 0.174. The molecule has 0 aliphatic carbocycles. The predicted octanol–water partition coefficient (Wildman–Crippen LogP) is 2.51. The van der Waals surface area contributed by atoms with Gasteiger partial charge in [0.15, 0.2) is 0 Å². The summed E-state index contributed by atoms with van der Waals surface area (Å²) in [4.78, 5) is 3.91. The van der Waals surface area contributed by atoms with E-state index in [-0.39, 0.29) is 5.28 Å². The third kappa shape index (κ3) is 2.33. The summed E-state index contributed by atoms with van der Waals surface area (Å²) in [6, 6.07) is 10.1. The van der Waals surface area contributed by atoms with Gasteiger partial charge in [-0.15, -0.1) is 0 Å². The van der Waals surface area contributed by atoms with Crippen molar-refractivity contribution in [2.24, 2.45) is 0 Å². The number of rotatable bonds is 3. The lowest BCUT2D eigenvalue weighted by Crippen LogP contribution is -1.90. The van der Waals surface area contributed by atoms with Gasteiger partial charge in [-0.1, -0.05) is 30.3 Å². The third-order valence-electron chi connectivity index (χ3n) is 1.91. The lowest BCUT2D eigenvalue weighted by Gasteiger charge is -1.95. The van der Waals surface area contributed by atoms with E-state index in [0.717, 1.165) is 12.8 Å². The molecule has 1 heterocycles. The molecule has 0 N–H and O–H groups in total. The first-order valence-electron chi connectivity index (χ1n) is 4.36. The van der Waals surface area contributed by atoms with E-state index in [0.29, 0.717) is 5.89 Å². The van der Waals surface area contributed by atoms with E-state index in [9.17, 15) is 0 Å². The average molecular weight is 209 g/mol. The van der Waals surface area contributed by atoms with E-state index < -0.39 is 0 Å². The van der Waals surface area contributed by atoms with Gasteiger partial charge in [0.25, 0.3) is 5.28 Å². The van der Waals surface area contributed by atoms with Gasteiger partial charge >= 0.3 is 0 Å². The van der Waals surface area contributed by atoms with Crippen LogP contribution in [0.15, 0.2) is 34.9 Å². The van der Waals surface area contributed by atoms with Crippen molar-refractivity contribution >= 4 is 11.6 Å². The minimum Gasteiger partial charge on any atom is -0.338 e. The molecule has 4 heteroatoms. The largest absolute Gasteiger partial charge is 0.338 e. The van der Waals surface area contributed by atoms with Gasteiger partial charge in [-0.3, -0.25) is 0 Å². The standard InChI is InChI=1S/C10H9ClN2O/c11-10-12-9(14-13-10)7-6-8-4-2-1-3-5-8/h1-5H,6-7H2. The molecule has 3 nitrogen and oxygen atoms in total. The number of aryl methyl sites for hydroxylation is 2. The van der Waals surface area contributed by atoms with Crippen LogP contribution in [-0.2, 0) is 12.8 Å². The normalized spacial score (nSPS) is 10.4. The molecule has 0 unspecified atom stereocenters. The van der Waals surface area contributed by atoms with Crippen molar-refractivity contribution in [3.05, 3.63) is 47.1 Å². The average Bonchev–Trinajstić information content (AvgIpc) is 2.63. The van der Waals surface area contributed by atoms with Crippen LogP contribution in [-0.4, -0.2) is 10.1 Å². The molecule has 2 rings (SSSR count). The Labute approximate surface area is 86.7 Å². The monoisotopic (exact) mass is 208 g/mol. The molecule has 0 aliphatic rings. The van der Waals surface area contributed by atoms with E-state index in [1.54, 1.807) is 0 Å². The van der Waals surface area contributed by atoms with E-state index in [1.807, 2.05) is 18.2 Å². The molecule has 0 bridgehead atoms.